The number of hydrogen-bond acceptors (Lipinski definition) is 2. The smallest absolute Gasteiger partial charge is 0.133 e. The van der Waals surface area contributed by atoms with Gasteiger partial charge < -0.3 is 0 Å². The molecular formula is C11H12FNS. The summed E-state index contributed by atoms with van der Waals surface area (Å²) in [6, 6.07) is 6.53. The van der Waals surface area contributed by atoms with Crippen LogP contribution in [0, 0.1) is 22.4 Å². The predicted molar refractivity (Wildman–Crippen MR) is 57.3 cm³/mol. The van der Waals surface area contributed by atoms with E-state index in [0.717, 1.165) is 17.7 Å². The molecule has 0 aromatic heterocycles. The van der Waals surface area contributed by atoms with Crippen molar-refractivity contribution < 1.29 is 4.39 Å². The second-order valence-corrected chi connectivity index (χ2v) is 4.14. The van der Waals surface area contributed by atoms with E-state index in [0.29, 0.717) is 5.92 Å². The molecule has 1 aromatic rings. The van der Waals surface area contributed by atoms with E-state index in [9.17, 15) is 4.39 Å². The number of nitriles is 1. The molecule has 0 heterocycles. The van der Waals surface area contributed by atoms with Crippen molar-refractivity contribution in [3.05, 3.63) is 35.6 Å². The fourth-order valence-corrected chi connectivity index (χ4v) is 1.74. The van der Waals surface area contributed by atoms with Crippen LogP contribution in [0.3, 0.4) is 0 Å². The predicted octanol–water partition coefficient (Wildman–Crippen LogP) is 3.22. The Morgan fingerprint density at radius 1 is 1.43 bits per heavy atom. The minimum Gasteiger partial charge on any atom is -0.207 e. The van der Waals surface area contributed by atoms with Gasteiger partial charge in [-0.05, 0) is 41.8 Å². The molecule has 0 radical (unpaired) electrons. The number of hydrogen-bond donors (Lipinski definition) is 0. The summed E-state index contributed by atoms with van der Waals surface area (Å²) in [7, 11) is 0. The Hall–Kier alpha value is -1.01. The molecule has 0 aliphatic heterocycles. The van der Waals surface area contributed by atoms with Crippen LogP contribution in [0.4, 0.5) is 4.39 Å². The van der Waals surface area contributed by atoms with E-state index >= 15 is 0 Å². The van der Waals surface area contributed by atoms with Gasteiger partial charge in [0.05, 0.1) is 0 Å². The maximum atomic E-state index is 12.6. The average molecular weight is 209 g/mol. The van der Waals surface area contributed by atoms with Crippen molar-refractivity contribution in [3.63, 3.8) is 0 Å². The van der Waals surface area contributed by atoms with Gasteiger partial charge in [-0.1, -0.05) is 19.1 Å². The van der Waals surface area contributed by atoms with Gasteiger partial charge in [-0.25, -0.2) is 4.39 Å². The molecule has 0 aliphatic rings. The molecule has 1 aromatic carbocycles. The van der Waals surface area contributed by atoms with Gasteiger partial charge in [0.25, 0.3) is 0 Å². The fraction of sp³-hybridized carbons (Fsp3) is 0.364. The highest BCUT2D eigenvalue weighted by Crippen LogP contribution is 2.13. The molecule has 1 atom stereocenters. The zero-order valence-corrected chi connectivity index (χ0v) is 8.85. The molecule has 0 saturated heterocycles. The van der Waals surface area contributed by atoms with E-state index in [-0.39, 0.29) is 5.82 Å². The molecule has 1 unspecified atom stereocenters. The lowest BCUT2D eigenvalue weighted by atomic mass is 10.0. The summed E-state index contributed by atoms with van der Waals surface area (Å²) in [5, 5.41) is 10.4. The normalized spacial score (nSPS) is 12.1. The van der Waals surface area contributed by atoms with Gasteiger partial charge in [-0.15, -0.1) is 0 Å². The van der Waals surface area contributed by atoms with Crippen molar-refractivity contribution in [1.82, 2.24) is 0 Å². The summed E-state index contributed by atoms with van der Waals surface area (Å²) in [5.74, 6) is 1.08. The first kappa shape index (κ1) is 11.1. The molecule has 1 rings (SSSR count). The van der Waals surface area contributed by atoms with Gasteiger partial charge in [-0.2, -0.15) is 5.26 Å². The van der Waals surface area contributed by atoms with Crippen LogP contribution in [0.25, 0.3) is 0 Å². The second-order valence-electron chi connectivity index (χ2n) is 3.34. The zero-order chi connectivity index (χ0) is 10.4. The molecule has 0 saturated carbocycles. The van der Waals surface area contributed by atoms with Crippen LogP contribution in [0.1, 0.15) is 12.5 Å². The Morgan fingerprint density at radius 3 is 2.64 bits per heavy atom. The summed E-state index contributed by atoms with van der Waals surface area (Å²) >= 11 is 1.27. The van der Waals surface area contributed by atoms with Gasteiger partial charge in [-0.3, -0.25) is 0 Å². The Morgan fingerprint density at radius 2 is 2.07 bits per heavy atom. The van der Waals surface area contributed by atoms with E-state index in [1.807, 2.05) is 0 Å². The average Bonchev–Trinajstić information content (AvgIpc) is 2.18. The van der Waals surface area contributed by atoms with Gasteiger partial charge in [0, 0.05) is 5.75 Å². The van der Waals surface area contributed by atoms with Crippen molar-refractivity contribution in [2.75, 3.05) is 5.75 Å². The first-order valence-corrected chi connectivity index (χ1v) is 5.46. The van der Waals surface area contributed by atoms with E-state index in [2.05, 4.69) is 12.3 Å². The Balaban J connectivity index is 2.44. The summed E-state index contributed by atoms with van der Waals surface area (Å²) in [6.45, 7) is 2.09. The summed E-state index contributed by atoms with van der Waals surface area (Å²) in [6.07, 6.45) is 0.898. The van der Waals surface area contributed by atoms with Crippen molar-refractivity contribution >= 4 is 11.8 Å². The van der Waals surface area contributed by atoms with Gasteiger partial charge >= 0.3 is 0 Å². The lowest BCUT2D eigenvalue weighted by molar-refractivity contribution is 0.622. The minimum atomic E-state index is -0.201. The van der Waals surface area contributed by atoms with Crippen LogP contribution >= 0.6 is 11.8 Å². The van der Waals surface area contributed by atoms with Crippen LogP contribution in [0.2, 0.25) is 0 Å². The van der Waals surface area contributed by atoms with Crippen LogP contribution in [0.15, 0.2) is 24.3 Å². The van der Waals surface area contributed by atoms with Crippen molar-refractivity contribution in [2.24, 2.45) is 5.92 Å². The maximum Gasteiger partial charge on any atom is 0.133 e. The molecule has 0 fully saturated rings. The zero-order valence-electron chi connectivity index (χ0n) is 8.03. The number of benzene rings is 1. The summed E-state index contributed by atoms with van der Waals surface area (Å²) in [5.41, 5.74) is 1.12. The fourth-order valence-electron chi connectivity index (χ4n) is 1.26. The number of thioether (sulfide) groups is 1. The standard InChI is InChI=1S/C11H12FNS/c1-9(7-14-8-13)6-10-2-4-11(12)5-3-10/h2-5,9H,6-7H2,1H3. The third kappa shape index (κ3) is 3.80. The highest BCUT2D eigenvalue weighted by atomic mass is 32.2. The van der Waals surface area contributed by atoms with Crippen LogP contribution in [-0.4, -0.2) is 5.75 Å². The van der Waals surface area contributed by atoms with Crippen molar-refractivity contribution in [2.45, 2.75) is 13.3 Å². The van der Waals surface area contributed by atoms with Crippen LogP contribution < -0.4 is 0 Å². The van der Waals surface area contributed by atoms with Gasteiger partial charge in [0.15, 0.2) is 0 Å². The SMILES string of the molecule is CC(CSC#N)Cc1ccc(F)cc1. The van der Waals surface area contributed by atoms with Gasteiger partial charge in [0.2, 0.25) is 0 Å². The first-order valence-electron chi connectivity index (χ1n) is 4.47. The Bertz CT molecular complexity index is 315. The second kappa shape index (κ2) is 5.66. The Labute approximate surface area is 87.9 Å². The lowest BCUT2D eigenvalue weighted by Crippen LogP contribution is -2.02. The maximum absolute atomic E-state index is 12.6. The number of rotatable bonds is 4. The highest BCUT2D eigenvalue weighted by Gasteiger charge is 2.03. The third-order valence-corrected chi connectivity index (χ3v) is 2.79. The molecule has 0 aliphatic carbocycles. The molecule has 14 heavy (non-hydrogen) atoms. The van der Waals surface area contributed by atoms with Gasteiger partial charge in [0.1, 0.15) is 11.2 Å². The molecule has 74 valence electrons. The third-order valence-electron chi connectivity index (χ3n) is 1.93. The van der Waals surface area contributed by atoms with Crippen LogP contribution in [0.5, 0.6) is 0 Å². The first-order chi connectivity index (χ1) is 6.72. The van der Waals surface area contributed by atoms with Crippen molar-refractivity contribution in [3.8, 4) is 5.40 Å². The van der Waals surface area contributed by atoms with Crippen LogP contribution in [-0.2, 0) is 6.42 Å². The summed E-state index contributed by atoms with van der Waals surface area (Å²) in [4.78, 5) is 0. The molecule has 0 N–H and O–H groups in total. The molecule has 3 heteroatoms. The lowest BCUT2D eigenvalue weighted by Gasteiger charge is -2.08. The van der Waals surface area contributed by atoms with Crippen molar-refractivity contribution in [1.29, 1.82) is 5.26 Å². The number of thiocyanates is 1. The number of nitrogens with zero attached hydrogens (tertiary/aromatic N) is 1. The topological polar surface area (TPSA) is 23.8 Å². The molecule has 0 amide bonds. The van der Waals surface area contributed by atoms with E-state index in [4.69, 9.17) is 5.26 Å². The van der Waals surface area contributed by atoms with E-state index in [1.54, 1.807) is 12.1 Å². The Kier molecular flexibility index (Phi) is 4.48. The minimum absolute atomic E-state index is 0.201. The largest absolute Gasteiger partial charge is 0.207 e. The monoisotopic (exact) mass is 209 g/mol. The number of halogens is 1. The highest BCUT2D eigenvalue weighted by molar-refractivity contribution is 8.03. The molecule has 0 spiro atoms. The van der Waals surface area contributed by atoms with E-state index < -0.39 is 0 Å². The molecule has 0 bridgehead atoms. The summed E-state index contributed by atoms with van der Waals surface area (Å²) < 4.78 is 12.6. The quantitative estimate of drug-likeness (QED) is 0.711. The molecule has 1 nitrogen and oxygen atoms in total. The molecular weight excluding hydrogens is 197 g/mol. The van der Waals surface area contributed by atoms with E-state index in [1.165, 1.54) is 23.9 Å².